The minimum absolute atomic E-state index is 0.00565. The molecule has 3 aromatic rings. The summed E-state index contributed by atoms with van der Waals surface area (Å²) in [4.78, 5) is 29.0. The van der Waals surface area contributed by atoms with Gasteiger partial charge in [-0.1, -0.05) is 72.8 Å². The van der Waals surface area contributed by atoms with Crippen molar-refractivity contribution in [1.29, 1.82) is 0 Å². The fourth-order valence-corrected chi connectivity index (χ4v) is 4.26. The smallest absolute Gasteiger partial charge is 0.241 e. The Morgan fingerprint density at radius 3 is 2.34 bits per heavy atom. The number of nitrogens with zero attached hydrogens (tertiary/aromatic N) is 2. The fraction of sp³-hybridized carbons (Fsp3) is 0.259. The Labute approximate surface area is 189 Å². The van der Waals surface area contributed by atoms with Crippen LogP contribution in [0.5, 0.6) is 0 Å². The molecule has 4 rings (SSSR count). The van der Waals surface area contributed by atoms with Gasteiger partial charge in [0.2, 0.25) is 11.8 Å². The Kier molecular flexibility index (Phi) is 6.97. The maximum atomic E-state index is 13.1. The molecule has 1 aliphatic heterocycles. The van der Waals surface area contributed by atoms with E-state index in [1.165, 1.54) is 5.56 Å². The van der Waals surface area contributed by atoms with E-state index in [0.29, 0.717) is 26.1 Å². The summed E-state index contributed by atoms with van der Waals surface area (Å²) in [6.45, 7) is 1.48. The third-order valence-electron chi connectivity index (χ3n) is 6.03. The van der Waals surface area contributed by atoms with Crippen molar-refractivity contribution in [2.45, 2.75) is 18.9 Å². The second-order valence-electron chi connectivity index (χ2n) is 8.16. The van der Waals surface area contributed by atoms with Crippen LogP contribution < -0.4 is 10.2 Å². The molecule has 3 aromatic carbocycles. The third kappa shape index (κ3) is 5.24. The Morgan fingerprint density at radius 1 is 0.938 bits per heavy atom. The molecule has 5 heteroatoms. The summed E-state index contributed by atoms with van der Waals surface area (Å²) in [5.41, 5.74) is 4.37. The number of hydrogen-bond donors (Lipinski definition) is 1. The first-order valence-electron chi connectivity index (χ1n) is 11.1. The number of rotatable bonds is 7. The average molecular weight is 428 g/mol. The Balaban J connectivity index is 1.57. The highest BCUT2D eigenvalue weighted by atomic mass is 16.2. The molecule has 5 nitrogen and oxygen atoms in total. The van der Waals surface area contributed by atoms with Crippen molar-refractivity contribution < 1.29 is 9.59 Å². The van der Waals surface area contributed by atoms with Crippen molar-refractivity contribution in [3.8, 4) is 11.1 Å². The highest BCUT2D eigenvalue weighted by Crippen LogP contribution is 2.27. The summed E-state index contributed by atoms with van der Waals surface area (Å²) in [5.74, 6) is 0.0605. The van der Waals surface area contributed by atoms with Gasteiger partial charge in [-0.3, -0.25) is 14.5 Å². The molecule has 0 bridgehead atoms. The molecule has 0 aromatic heterocycles. The second-order valence-corrected chi connectivity index (χ2v) is 8.16. The first-order chi connectivity index (χ1) is 15.6. The van der Waals surface area contributed by atoms with Crippen LogP contribution in [0.15, 0.2) is 84.9 Å². The highest BCUT2D eigenvalue weighted by Gasteiger charge is 2.33. The van der Waals surface area contributed by atoms with E-state index >= 15 is 0 Å². The normalized spacial score (nSPS) is 16.7. The molecule has 1 atom stereocenters. The Bertz CT molecular complexity index is 1050. The van der Waals surface area contributed by atoms with Crippen LogP contribution in [0.1, 0.15) is 12.0 Å². The molecule has 0 saturated carbocycles. The van der Waals surface area contributed by atoms with Gasteiger partial charge in [0.1, 0.15) is 0 Å². The Hall–Kier alpha value is -3.44. The van der Waals surface area contributed by atoms with Gasteiger partial charge in [0.05, 0.1) is 6.54 Å². The average Bonchev–Trinajstić information content (AvgIpc) is 2.85. The molecule has 1 N–H and O–H groups in total. The van der Waals surface area contributed by atoms with E-state index in [1.54, 1.807) is 7.05 Å². The quantitative estimate of drug-likeness (QED) is 0.625. The topological polar surface area (TPSA) is 52.7 Å². The van der Waals surface area contributed by atoms with E-state index in [9.17, 15) is 9.59 Å². The molecule has 32 heavy (non-hydrogen) atoms. The molecular formula is C27H29N3O2. The van der Waals surface area contributed by atoms with Gasteiger partial charge in [-0.05, 0) is 35.2 Å². The lowest BCUT2D eigenvalue weighted by molar-refractivity contribution is -0.125. The van der Waals surface area contributed by atoms with E-state index < -0.39 is 0 Å². The van der Waals surface area contributed by atoms with E-state index in [0.717, 1.165) is 23.2 Å². The van der Waals surface area contributed by atoms with Crippen molar-refractivity contribution in [2.75, 3.05) is 31.6 Å². The number of nitrogens with one attached hydrogen (secondary N) is 1. The van der Waals surface area contributed by atoms with Gasteiger partial charge >= 0.3 is 0 Å². The van der Waals surface area contributed by atoms with E-state index in [2.05, 4.69) is 46.6 Å². The SMILES string of the molecule is CNC(=O)CCN1CC(=O)N(c2cccc(-c3ccccc3)c2)C[C@@H]1Cc1ccccc1. The Morgan fingerprint density at radius 2 is 1.62 bits per heavy atom. The van der Waals surface area contributed by atoms with Gasteiger partial charge in [0.25, 0.3) is 0 Å². The molecule has 1 heterocycles. The summed E-state index contributed by atoms with van der Waals surface area (Å²) in [7, 11) is 1.65. The number of carbonyl (C=O) groups is 2. The van der Waals surface area contributed by atoms with Gasteiger partial charge in [-0.2, -0.15) is 0 Å². The number of benzene rings is 3. The first kappa shape index (κ1) is 21.8. The van der Waals surface area contributed by atoms with E-state index in [1.807, 2.05) is 53.4 Å². The summed E-state index contributed by atoms with van der Waals surface area (Å²) < 4.78 is 0. The zero-order chi connectivity index (χ0) is 22.3. The number of piperazine rings is 1. The van der Waals surface area contributed by atoms with Crippen LogP contribution in [0.2, 0.25) is 0 Å². The van der Waals surface area contributed by atoms with Crippen molar-refractivity contribution in [3.05, 3.63) is 90.5 Å². The molecule has 1 aliphatic rings. The predicted octanol–water partition coefficient (Wildman–Crippen LogP) is 3.75. The zero-order valence-electron chi connectivity index (χ0n) is 18.4. The van der Waals surface area contributed by atoms with E-state index in [-0.39, 0.29) is 17.9 Å². The van der Waals surface area contributed by atoms with Crippen LogP contribution in [0.25, 0.3) is 11.1 Å². The van der Waals surface area contributed by atoms with Crippen molar-refractivity contribution >= 4 is 17.5 Å². The molecule has 0 spiro atoms. The molecule has 0 radical (unpaired) electrons. The van der Waals surface area contributed by atoms with Crippen LogP contribution in [0, 0.1) is 0 Å². The minimum Gasteiger partial charge on any atom is -0.359 e. The summed E-state index contributed by atoms with van der Waals surface area (Å²) in [6.07, 6.45) is 1.22. The highest BCUT2D eigenvalue weighted by molar-refractivity contribution is 5.96. The van der Waals surface area contributed by atoms with Gasteiger partial charge in [-0.15, -0.1) is 0 Å². The van der Waals surface area contributed by atoms with Gasteiger partial charge in [0, 0.05) is 38.3 Å². The van der Waals surface area contributed by atoms with Crippen LogP contribution in [0.4, 0.5) is 5.69 Å². The van der Waals surface area contributed by atoms with Gasteiger partial charge in [0.15, 0.2) is 0 Å². The largest absolute Gasteiger partial charge is 0.359 e. The zero-order valence-corrected chi connectivity index (χ0v) is 18.4. The lowest BCUT2D eigenvalue weighted by Crippen LogP contribution is -2.57. The van der Waals surface area contributed by atoms with Gasteiger partial charge in [-0.25, -0.2) is 0 Å². The number of carbonyl (C=O) groups excluding carboxylic acids is 2. The molecule has 1 fully saturated rings. The van der Waals surface area contributed by atoms with Crippen molar-refractivity contribution in [1.82, 2.24) is 10.2 Å². The van der Waals surface area contributed by atoms with Crippen LogP contribution in [-0.2, 0) is 16.0 Å². The number of hydrogen-bond acceptors (Lipinski definition) is 3. The summed E-state index contributed by atoms with van der Waals surface area (Å²) in [6, 6.07) is 28.9. The third-order valence-corrected chi connectivity index (χ3v) is 6.03. The maximum Gasteiger partial charge on any atom is 0.241 e. The molecule has 0 unspecified atom stereocenters. The standard InChI is InChI=1S/C27H29N3O2/c1-28-26(31)15-16-29-20-27(32)30(19-25(29)17-21-9-4-2-5-10-21)24-14-8-13-23(18-24)22-11-6-3-7-12-22/h2-14,18,25H,15-17,19-20H2,1H3,(H,28,31)/t25-/m0/s1. The van der Waals surface area contributed by atoms with Crippen molar-refractivity contribution in [3.63, 3.8) is 0 Å². The lowest BCUT2D eigenvalue weighted by atomic mass is 10.00. The van der Waals surface area contributed by atoms with Crippen LogP contribution in [-0.4, -0.2) is 49.4 Å². The summed E-state index contributed by atoms with van der Waals surface area (Å²) in [5, 5.41) is 2.68. The molecule has 1 saturated heterocycles. The van der Waals surface area contributed by atoms with Crippen molar-refractivity contribution in [2.24, 2.45) is 0 Å². The predicted molar refractivity (Wildman–Crippen MR) is 128 cm³/mol. The summed E-state index contributed by atoms with van der Waals surface area (Å²) >= 11 is 0. The molecular weight excluding hydrogens is 398 g/mol. The number of anilines is 1. The van der Waals surface area contributed by atoms with Gasteiger partial charge < -0.3 is 10.2 Å². The minimum atomic E-state index is -0.00565. The molecule has 2 amide bonds. The second kappa shape index (κ2) is 10.2. The van der Waals surface area contributed by atoms with Crippen LogP contribution >= 0.6 is 0 Å². The van der Waals surface area contributed by atoms with E-state index in [4.69, 9.17) is 0 Å². The maximum absolute atomic E-state index is 13.1. The first-order valence-corrected chi connectivity index (χ1v) is 11.1. The fourth-order valence-electron chi connectivity index (χ4n) is 4.26. The monoisotopic (exact) mass is 427 g/mol. The molecule has 0 aliphatic carbocycles. The van der Waals surface area contributed by atoms with Crippen LogP contribution in [0.3, 0.4) is 0 Å². The lowest BCUT2D eigenvalue weighted by Gasteiger charge is -2.41. The number of amides is 2. The molecule has 164 valence electrons.